The summed E-state index contributed by atoms with van der Waals surface area (Å²) in [5, 5.41) is 10.7. The van der Waals surface area contributed by atoms with E-state index in [-0.39, 0.29) is 23.1 Å². The number of halogens is 4. The van der Waals surface area contributed by atoms with Gasteiger partial charge in [-0.1, -0.05) is 44.2 Å². The van der Waals surface area contributed by atoms with Crippen molar-refractivity contribution in [1.82, 2.24) is 9.62 Å². The predicted molar refractivity (Wildman–Crippen MR) is 178 cm³/mol. The number of carbonyl (C=O) groups is 1. The molecule has 0 radical (unpaired) electrons. The molecule has 1 aliphatic rings. The molecule has 0 unspecified atom stereocenters. The number of rotatable bonds is 12. The van der Waals surface area contributed by atoms with E-state index < -0.39 is 17.6 Å². The molecule has 45 heavy (non-hydrogen) atoms. The number of benzene rings is 3. The lowest BCUT2D eigenvalue weighted by atomic mass is 9.88. The van der Waals surface area contributed by atoms with Gasteiger partial charge in [-0.15, -0.1) is 0 Å². The molecule has 0 heterocycles. The maximum absolute atomic E-state index is 14.3. The van der Waals surface area contributed by atoms with E-state index in [1.54, 1.807) is 28.5 Å². The summed E-state index contributed by atoms with van der Waals surface area (Å²) in [5.41, 5.74) is 3.57. The number of aliphatic hydroxyl groups is 1. The van der Waals surface area contributed by atoms with Crippen LogP contribution in [0.3, 0.4) is 0 Å². The summed E-state index contributed by atoms with van der Waals surface area (Å²) < 4.78 is 55.9. The fourth-order valence-electron chi connectivity index (χ4n) is 5.44. The van der Waals surface area contributed by atoms with Crippen molar-refractivity contribution < 1.29 is 27.5 Å². The fraction of sp³-hybridized carbons (Fsp3) is 0.472. The monoisotopic (exact) mass is 648 g/mol. The summed E-state index contributed by atoms with van der Waals surface area (Å²) in [6, 6.07) is 16.8. The second-order valence-electron chi connectivity index (χ2n) is 11.9. The molecule has 0 saturated carbocycles. The molecule has 0 aliphatic heterocycles. The lowest BCUT2D eigenvalue weighted by Crippen LogP contribution is -2.41. The van der Waals surface area contributed by atoms with Gasteiger partial charge in [-0.3, -0.25) is 0 Å². The van der Waals surface area contributed by atoms with Crippen LogP contribution in [-0.2, 0) is 30.2 Å². The minimum absolute atomic E-state index is 0.0977. The van der Waals surface area contributed by atoms with Gasteiger partial charge in [0, 0.05) is 36.1 Å². The Morgan fingerprint density at radius 2 is 1.64 bits per heavy atom. The Morgan fingerprint density at radius 1 is 1.00 bits per heavy atom. The largest absolute Gasteiger partial charge is 0.416 e. The highest BCUT2D eigenvalue weighted by molar-refractivity contribution is 7.97. The van der Waals surface area contributed by atoms with Crippen LogP contribution < -0.4 is 5.32 Å². The number of aldehydes is 1. The second-order valence-corrected chi connectivity index (χ2v) is 13.1. The zero-order valence-corrected chi connectivity index (χ0v) is 28.1. The first-order chi connectivity index (χ1) is 21.3. The average molecular weight is 649 g/mol. The van der Waals surface area contributed by atoms with Crippen LogP contribution in [0.15, 0.2) is 65.6 Å². The molecule has 9 heteroatoms. The minimum Gasteiger partial charge on any atom is -0.400 e. The first kappa shape index (κ1) is 38.5. The third-order valence-corrected chi connectivity index (χ3v) is 8.64. The molecular formula is C36H48F4N2O2S. The topological polar surface area (TPSA) is 52.6 Å². The summed E-state index contributed by atoms with van der Waals surface area (Å²) in [6.07, 6.45) is 1.95. The summed E-state index contributed by atoms with van der Waals surface area (Å²) in [6.45, 7) is 10.6. The Morgan fingerprint density at radius 3 is 2.20 bits per heavy atom. The number of hydrogen-bond donors (Lipinski definition) is 2. The second kappa shape index (κ2) is 18.4. The fourth-order valence-corrected chi connectivity index (χ4v) is 6.29. The number of aryl methyl sites for hydroxylation is 1. The lowest BCUT2D eigenvalue weighted by molar-refractivity contribution is -0.137. The van der Waals surface area contributed by atoms with E-state index in [9.17, 15) is 22.4 Å². The predicted octanol–water partition coefficient (Wildman–Crippen LogP) is 8.78. The van der Waals surface area contributed by atoms with Crippen molar-refractivity contribution in [3.8, 4) is 11.1 Å². The highest BCUT2D eigenvalue weighted by Gasteiger charge is 2.32. The number of alkyl halides is 3. The van der Waals surface area contributed by atoms with Crippen LogP contribution in [0.4, 0.5) is 17.6 Å². The number of nitrogens with zero attached hydrogens (tertiary/aromatic N) is 1. The standard InChI is InChI=1S/C19H19F4NOS.C16H25N.CH4O/c1-3-24(2)26-16-11-14(10-15(12-16)19(21,22)23)17-9-13(5-4-8-25)6-7-18(17)20;1-4-9-17-16(2,3)12-13-10-14-7-5-6-8-15(14)11-13;1-2/h6-12H,3-5H2,1-2H3;5-8,13,17H,4,9-12H2,1-3H3;2H,1H3. The third-order valence-electron chi connectivity index (χ3n) is 7.62. The molecule has 2 N–H and O–H groups in total. The zero-order chi connectivity index (χ0) is 33.6. The van der Waals surface area contributed by atoms with Crippen molar-refractivity contribution in [3.05, 3.63) is 88.7 Å². The van der Waals surface area contributed by atoms with E-state index in [2.05, 4.69) is 50.4 Å². The summed E-state index contributed by atoms with van der Waals surface area (Å²) >= 11 is 1.17. The lowest BCUT2D eigenvalue weighted by Gasteiger charge is -2.29. The van der Waals surface area contributed by atoms with Gasteiger partial charge in [0.25, 0.3) is 0 Å². The van der Waals surface area contributed by atoms with E-state index in [1.165, 1.54) is 55.8 Å². The van der Waals surface area contributed by atoms with Gasteiger partial charge in [-0.25, -0.2) is 8.70 Å². The van der Waals surface area contributed by atoms with E-state index in [0.29, 0.717) is 23.4 Å². The van der Waals surface area contributed by atoms with Crippen molar-refractivity contribution in [2.45, 2.75) is 82.8 Å². The van der Waals surface area contributed by atoms with Crippen LogP contribution in [0, 0.1) is 11.7 Å². The molecule has 4 nitrogen and oxygen atoms in total. The van der Waals surface area contributed by atoms with Crippen molar-refractivity contribution >= 4 is 18.2 Å². The minimum atomic E-state index is -4.53. The Labute approximate surface area is 270 Å². The van der Waals surface area contributed by atoms with Crippen LogP contribution >= 0.6 is 11.9 Å². The highest BCUT2D eigenvalue weighted by Crippen LogP contribution is 2.37. The van der Waals surface area contributed by atoms with Crippen molar-refractivity contribution in [1.29, 1.82) is 0 Å². The Kier molecular flexibility index (Phi) is 15.8. The SMILES string of the molecule is CCCNC(C)(C)CC1Cc2ccccc2C1.CCN(C)Sc1cc(-c2cc(CCC=O)ccc2F)cc(C(F)(F)F)c1.CO. The molecule has 248 valence electrons. The van der Waals surface area contributed by atoms with E-state index >= 15 is 0 Å². The Hall–Kier alpha value is -2.72. The van der Waals surface area contributed by atoms with Crippen LogP contribution in [0.5, 0.6) is 0 Å². The van der Waals surface area contributed by atoms with Crippen molar-refractivity contribution in [3.63, 3.8) is 0 Å². The Balaban J connectivity index is 0.000000320. The summed E-state index contributed by atoms with van der Waals surface area (Å²) in [4.78, 5) is 10.9. The Bertz CT molecular complexity index is 1320. The quantitative estimate of drug-likeness (QED) is 0.117. The highest BCUT2D eigenvalue weighted by atomic mass is 32.2. The van der Waals surface area contributed by atoms with Gasteiger partial charge < -0.3 is 15.2 Å². The van der Waals surface area contributed by atoms with Crippen LogP contribution in [0.2, 0.25) is 0 Å². The van der Waals surface area contributed by atoms with Crippen LogP contribution in [-0.4, -0.2) is 48.5 Å². The van der Waals surface area contributed by atoms with Gasteiger partial charge in [-0.05, 0) is 130 Å². The summed E-state index contributed by atoms with van der Waals surface area (Å²) in [5.74, 6) is 0.228. The number of nitrogens with one attached hydrogen (secondary N) is 1. The van der Waals surface area contributed by atoms with Gasteiger partial charge >= 0.3 is 6.18 Å². The first-order valence-electron chi connectivity index (χ1n) is 15.5. The third kappa shape index (κ3) is 12.5. The maximum atomic E-state index is 14.3. The van der Waals surface area contributed by atoms with Crippen molar-refractivity contribution in [2.75, 3.05) is 27.2 Å². The average Bonchev–Trinajstić information content (AvgIpc) is 3.42. The van der Waals surface area contributed by atoms with Gasteiger partial charge in [0.2, 0.25) is 0 Å². The molecule has 0 spiro atoms. The molecule has 0 bridgehead atoms. The number of fused-ring (bicyclic) bond motifs is 1. The van der Waals surface area contributed by atoms with Gasteiger partial charge in [-0.2, -0.15) is 13.2 Å². The smallest absolute Gasteiger partial charge is 0.400 e. The number of hydrogen-bond acceptors (Lipinski definition) is 5. The molecule has 0 saturated heterocycles. The van der Waals surface area contributed by atoms with E-state index in [4.69, 9.17) is 5.11 Å². The summed E-state index contributed by atoms with van der Waals surface area (Å²) in [7, 11) is 2.77. The van der Waals surface area contributed by atoms with E-state index in [1.807, 2.05) is 6.92 Å². The van der Waals surface area contributed by atoms with Crippen molar-refractivity contribution in [2.24, 2.45) is 5.92 Å². The van der Waals surface area contributed by atoms with E-state index in [0.717, 1.165) is 38.0 Å². The number of carbonyl (C=O) groups excluding carboxylic acids is 1. The van der Waals surface area contributed by atoms with Crippen LogP contribution in [0.25, 0.3) is 11.1 Å². The van der Waals surface area contributed by atoms with Gasteiger partial charge in [0.1, 0.15) is 12.1 Å². The maximum Gasteiger partial charge on any atom is 0.416 e. The molecule has 0 aromatic heterocycles. The molecule has 3 aromatic rings. The van der Waals surface area contributed by atoms with Gasteiger partial charge in [0.15, 0.2) is 0 Å². The number of aliphatic hydroxyl groups excluding tert-OH is 1. The molecule has 4 rings (SSSR count). The molecule has 1 aliphatic carbocycles. The molecule has 0 atom stereocenters. The molecule has 0 amide bonds. The normalized spacial score (nSPS) is 13.1. The zero-order valence-electron chi connectivity index (χ0n) is 27.3. The van der Waals surface area contributed by atoms with Gasteiger partial charge in [0.05, 0.1) is 5.56 Å². The molecule has 0 fully saturated rings. The molecule has 3 aromatic carbocycles. The first-order valence-corrected chi connectivity index (χ1v) is 16.2. The van der Waals surface area contributed by atoms with Crippen LogP contribution in [0.1, 0.15) is 69.2 Å². The molecular weight excluding hydrogens is 600 g/mol.